The second-order valence-electron chi connectivity index (χ2n) is 8.32. The van der Waals surface area contributed by atoms with Gasteiger partial charge in [0.2, 0.25) is 0 Å². The summed E-state index contributed by atoms with van der Waals surface area (Å²) in [6.45, 7) is 9.67. The fraction of sp³-hybridized carbons (Fsp3) is 0.435. The van der Waals surface area contributed by atoms with E-state index < -0.39 is 27.4 Å². The largest absolute Gasteiger partial charge is 0.474 e. The first-order chi connectivity index (χ1) is 13.9. The molecule has 0 heterocycles. The summed E-state index contributed by atoms with van der Waals surface area (Å²) in [7, 11) is -3.35. The summed E-state index contributed by atoms with van der Waals surface area (Å²) in [5.41, 5.74) is 1.16. The predicted octanol–water partition coefficient (Wildman–Crippen LogP) is 3.70. The number of carbonyl (C=O) groups is 1. The molecule has 0 spiro atoms. The van der Waals surface area contributed by atoms with E-state index in [1.54, 1.807) is 18.2 Å². The van der Waals surface area contributed by atoms with E-state index in [-0.39, 0.29) is 23.8 Å². The van der Waals surface area contributed by atoms with Gasteiger partial charge in [-0.05, 0) is 63.5 Å². The van der Waals surface area contributed by atoms with Crippen LogP contribution in [0.25, 0.3) is 0 Å². The lowest BCUT2D eigenvalue weighted by molar-refractivity contribution is -0.145. The first-order valence-electron chi connectivity index (χ1n) is 9.90. The molecule has 0 aromatic heterocycles. The van der Waals surface area contributed by atoms with Gasteiger partial charge in [0, 0.05) is 12.7 Å². The highest BCUT2D eigenvalue weighted by molar-refractivity contribution is 7.90. The van der Waals surface area contributed by atoms with Crippen molar-refractivity contribution in [2.45, 2.75) is 56.6 Å². The number of sulfone groups is 1. The Labute approximate surface area is 179 Å². The zero-order valence-electron chi connectivity index (χ0n) is 18.1. The normalized spacial score (nSPS) is 15.1. The topological polar surface area (TPSA) is 81.7 Å². The van der Waals surface area contributed by atoms with Crippen molar-refractivity contribution in [2.75, 3.05) is 12.9 Å². The maximum atomic E-state index is 12.8. The Bertz CT molecular complexity index is 939. The molecule has 0 aliphatic heterocycles. The first kappa shape index (κ1) is 23.7. The summed E-state index contributed by atoms with van der Waals surface area (Å²) in [4.78, 5) is 13.0. The van der Waals surface area contributed by atoms with Crippen LogP contribution in [0.5, 0.6) is 0 Å². The maximum Gasteiger partial charge on any atom is 0.329 e. The molecule has 0 radical (unpaired) electrons. The Morgan fingerprint density at radius 3 is 2.60 bits per heavy atom. The SMILES string of the molecule is C=C(NC(Cc1cccc(S(C)(=O)=O)c1)C(=O)OCC1=CCCC=C1)OC(C)(C)C. The fourth-order valence-corrected chi connectivity index (χ4v) is 3.65. The summed E-state index contributed by atoms with van der Waals surface area (Å²) in [6, 6.07) is 5.76. The van der Waals surface area contributed by atoms with E-state index in [0.29, 0.717) is 5.56 Å². The lowest BCUT2D eigenvalue weighted by Gasteiger charge is -2.26. The number of carbonyl (C=O) groups excluding carboxylic acids is 1. The van der Waals surface area contributed by atoms with Gasteiger partial charge in [-0.3, -0.25) is 0 Å². The van der Waals surface area contributed by atoms with Gasteiger partial charge in [0.1, 0.15) is 18.2 Å². The van der Waals surface area contributed by atoms with Crippen LogP contribution in [0.15, 0.2) is 65.4 Å². The Hall–Kier alpha value is -2.54. The molecule has 1 aliphatic rings. The Kier molecular flexibility index (Phi) is 7.89. The minimum absolute atomic E-state index is 0.184. The zero-order chi connectivity index (χ0) is 22.4. The lowest BCUT2D eigenvalue weighted by Crippen LogP contribution is -2.41. The van der Waals surface area contributed by atoms with Gasteiger partial charge in [0.15, 0.2) is 15.7 Å². The molecule has 1 aromatic rings. The molecule has 1 aliphatic carbocycles. The van der Waals surface area contributed by atoms with Crippen LogP contribution >= 0.6 is 0 Å². The molecule has 0 fully saturated rings. The first-order valence-corrected chi connectivity index (χ1v) is 11.8. The highest BCUT2D eigenvalue weighted by atomic mass is 32.2. The number of hydrogen-bond acceptors (Lipinski definition) is 6. The zero-order valence-corrected chi connectivity index (χ0v) is 18.9. The van der Waals surface area contributed by atoms with Crippen molar-refractivity contribution in [3.8, 4) is 0 Å². The monoisotopic (exact) mass is 433 g/mol. The highest BCUT2D eigenvalue weighted by Gasteiger charge is 2.24. The molecule has 1 aromatic carbocycles. The molecule has 1 unspecified atom stereocenters. The summed E-state index contributed by atoms with van der Waals surface area (Å²) < 4.78 is 34.9. The van der Waals surface area contributed by atoms with Gasteiger partial charge >= 0.3 is 5.97 Å². The van der Waals surface area contributed by atoms with Gasteiger partial charge in [-0.2, -0.15) is 0 Å². The standard InChI is InChI=1S/C23H31NO5S/c1-17(29-23(2,3)4)24-21(22(25)28-16-18-10-7-6-8-11-18)15-19-12-9-13-20(14-19)30(5,26)27/h7,9-14,21,24H,1,6,8,15-16H2,2-5H3. The van der Waals surface area contributed by atoms with Crippen LogP contribution in [-0.4, -0.2) is 38.9 Å². The van der Waals surface area contributed by atoms with Gasteiger partial charge < -0.3 is 14.8 Å². The predicted molar refractivity (Wildman–Crippen MR) is 118 cm³/mol. The number of ether oxygens (including phenoxy) is 2. The third-order valence-electron chi connectivity index (χ3n) is 4.27. The number of esters is 1. The summed E-state index contributed by atoms with van der Waals surface area (Å²) >= 11 is 0. The van der Waals surface area contributed by atoms with Crippen molar-refractivity contribution in [1.82, 2.24) is 5.32 Å². The van der Waals surface area contributed by atoms with Crippen LogP contribution < -0.4 is 5.32 Å². The molecule has 164 valence electrons. The van der Waals surface area contributed by atoms with Crippen molar-refractivity contribution < 1.29 is 22.7 Å². The molecule has 7 heteroatoms. The van der Waals surface area contributed by atoms with Crippen molar-refractivity contribution in [1.29, 1.82) is 0 Å². The summed E-state index contributed by atoms with van der Waals surface area (Å²) in [5, 5.41) is 2.99. The second-order valence-corrected chi connectivity index (χ2v) is 10.3. The Balaban J connectivity index is 2.15. The molecule has 0 saturated carbocycles. The van der Waals surface area contributed by atoms with Gasteiger partial charge in [-0.15, -0.1) is 0 Å². The number of allylic oxidation sites excluding steroid dienone is 2. The molecule has 0 bridgehead atoms. The third kappa shape index (κ3) is 8.06. The highest BCUT2D eigenvalue weighted by Crippen LogP contribution is 2.16. The van der Waals surface area contributed by atoms with Crippen molar-refractivity contribution >= 4 is 15.8 Å². The lowest BCUT2D eigenvalue weighted by atomic mass is 10.1. The van der Waals surface area contributed by atoms with Gasteiger partial charge in [-0.1, -0.05) is 30.4 Å². The number of rotatable bonds is 9. The fourth-order valence-electron chi connectivity index (χ4n) is 2.96. The molecule has 0 amide bonds. The number of nitrogens with one attached hydrogen (secondary N) is 1. The minimum Gasteiger partial charge on any atom is -0.474 e. The van der Waals surface area contributed by atoms with Crippen molar-refractivity contribution in [3.05, 3.63) is 66.1 Å². The van der Waals surface area contributed by atoms with Crippen LogP contribution in [0.3, 0.4) is 0 Å². The third-order valence-corrected chi connectivity index (χ3v) is 5.38. The van der Waals surface area contributed by atoms with Crippen LogP contribution in [0.4, 0.5) is 0 Å². The van der Waals surface area contributed by atoms with E-state index in [9.17, 15) is 13.2 Å². The van der Waals surface area contributed by atoms with E-state index in [1.165, 1.54) is 6.07 Å². The molecule has 1 atom stereocenters. The molecule has 6 nitrogen and oxygen atoms in total. The Morgan fingerprint density at radius 1 is 1.27 bits per heavy atom. The molecular weight excluding hydrogens is 402 g/mol. The van der Waals surface area contributed by atoms with Crippen LogP contribution in [-0.2, 0) is 30.5 Å². The van der Waals surface area contributed by atoms with Gasteiger partial charge in [0.25, 0.3) is 0 Å². The quantitative estimate of drug-likeness (QED) is 0.472. The van der Waals surface area contributed by atoms with Gasteiger partial charge in [0.05, 0.1) is 4.90 Å². The van der Waals surface area contributed by atoms with Crippen LogP contribution in [0.2, 0.25) is 0 Å². The molecule has 0 saturated heterocycles. The summed E-state index contributed by atoms with van der Waals surface area (Å²) in [6.07, 6.45) is 9.35. The summed E-state index contributed by atoms with van der Waals surface area (Å²) in [5.74, 6) is -0.209. The van der Waals surface area contributed by atoms with E-state index >= 15 is 0 Å². The molecule has 30 heavy (non-hydrogen) atoms. The van der Waals surface area contributed by atoms with E-state index in [2.05, 4.69) is 18.0 Å². The molecule has 1 N–H and O–H groups in total. The van der Waals surface area contributed by atoms with E-state index in [1.807, 2.05) is 32.9 Å². The van der Waals surface area contributed by atoms with E-state index in [0.717, 1.165) is 24.7 Å². The van der Waals surface area contributed by atoms with Crippen LogP contribution in [0.1, 0.15) is 39.2 Å². The average Bonchev–Trinajstić information content (AvgIpc) is 2.64. The number of hydrogen-bond donors (Lipinski definition) is 1. The maximum absolute atomic E-state index is 12.8. The smallest absolute Gasteiger partial charge is 0.329 e. The van der Waals surface area contributed by atoms with Gasteiger partial charge in [-0.25, -0.2) is 13.2 Å². The van der Waals surface area contributed by atoms with Crippen molar-refractivity contribution in [2.24, 2.45) is 0 Å². The average molecular weight is 434 g/mol. The second kappa shape index (κ2) is 9.98. The van der Waals surface area contributed by atoms with E-state index in [4.69, 9.17) is 9.47 Å². The Morgan fingerprint density at radius 2 is 2.00 bits per heavy atom. The molecule has 2 rings (SSSR count). The van der Waals surface area contributed by atoms with Crippen LogP contribution in [0, 0.1) is 0 Å². The number of benzene rings is 1. The van der Waals surface area contributed by atoms with Crippen molar-refractivity contribution in [3.63, 3.8) is 0 Å². The molecular formula is C23H31NO5S. The minimum atomic E-state index is -3.35.